The number of hydrogen-bond donors (Lipinski definition) is 2. The van der Waals surface area contributed by atoms with E-state index < -0.39 is 17.4 Å². The molecule has 0 aromatic carbocycles. The molecule has 15 heavy (non-hydrogen) atoms. The maximum absolute atomic E-state index is 11.6. The Morgan fingerprint density at radius 3 is 2.00 bits per heavy atom. The van der Waals surface area contributed by atoms with Crippen LogP contribution in [0.4, 0.5) is 0 Å². The molecule has 0 radical (unpaired) electrons. The van der Waals surface area contributed by atoms with Gasteiger partial charge in [0.05, 0.1) is 0 Å². The van der Waals surface area contributed by atoms with E-state index in [1.165, 1.54) is 0 Å². The summed E-state index contributed by atoms with van der Waals surface area (Å²) in [6.07, 6.45) is 0.581. The highest BCUT2D eigenvalue weighted by atomic mass is 16.2. The Balaban J connectivity index is 4.43. The lowest BCUT2D eigenvalue weighted by Crippen LogP contribution is -2.48. The molecule has 1 atom stereocenters. The van der Waals surface area contributed by atoms with Crippen LogP contribution in [0, 0.1) is 11.3 Å². The molecule has 4 heteroatoms. The van der Waals surface area contributed by atoms with Crippen molar-refractivity contribution >= 4 is 11.8 Å². The lowest BCUT2D eigenvalue weighted by atomic mass is 9.94. The Morgan fingerprint density at radius 2 is 1.73 bits per heavy atom. The molecule has 0 fully saturated rings. The van der Waals surface area contributed by atoms with Gasteiger partial charge in [-0.3, -0.25) is 9.59 Å². The molecule has 0 saturated heterocycles. The third-order valence-corrected chi connectivity index (χ3v) is 2.04. The summed E-state index contributed by atoms with van der Waals surface area (Å²) in [5, 5.41) is 2.67. The molecule has 0 aromatic heterocycles. The van der Waals surface area contributed by atoms with E-state index in [1.807, 2.05) is 13.8 Å². The predicted octanol–water partition coefficient (Wildman–Crippen LogP) is 1.05. The van der Waals surface area contributed by atoms with Crippen molar-refractivity contribution in [2.75, 3.05) is 0 Å². The van der Waals surface area contributed by atoms with E-state index in [9.17, 15) is 9.59 Å². The Hall–Kier alpha value is -1.06. The average molecular weight is 214 g/mol. The quantitative estimate of drug-likeness (QED) is 0.734. The summed E-state index contributed by atoms with van der Waals surface area (Å²) >= 11 is 0. The van der Waals surface area contributed by atoms with Crippen molar-refractivity contribution in [3.63, 3.8) is 0 Å². The molecule has 2 amide bonds. The number of hydrogen-bond acceptors (Lipinski definition) is 2. The van der Waals surface area contributed by atoms with E-state index in [0.717, 1.165) is 0 Å². The molecule has 0 spiro atoms. The van der Waals surface area contributed by atoms with Crippen molar-refractivity contribution in [1.82, 2.24) is 5.32 Å². The topological polar surface area (TPSA) is 72.2 Å². The first-order valence-electron chi connectivity index (χ1n) is 5.25. The molecule has 0 heterocycles. The van der Waals surface area contributed by atoms with Crippen LogP contribution < -0.4 is 11.1 Å². The van der Waals surface area contributed by atoms with Crippen molar-refractivity contribution < 1.29 is 9.59 Å². The number of carbonyl (C=O) groups is 2. The Morgan fingerprint density at radius 1 is 1.27 bits per heavy atom. The standard InChI is InChI=1S/C11H22N2O2/c1-7(2)6-8(9(12)14)13-10(15)11(3,4)5/h7-8H,6H2,1-5H3,(H2,12,14)(H,13,15). The predicted molar refractivity (Wildman–Crippen MR) is 60.0 cm³/mol. The minimum Gasteiger partial charge on any atom is -0.368 e. The van der Waals surface area contributed by atoms with Crippen LogP contribution in [-0.2, 0) is 9.59 Å². The van der Waals surface area contributed by atoms with Crippen molar-refractivity contribution in [3.8, 4) is 0 Å². The van der Waals surface area contributed by atoms with Crippen LogP contribution in [0.1, 0.15) is 41.0 Å². The zero-order valence-electron chi connectivity index (χ0n) is 10.3. The van der Waals surface area contributed by atoms with Gasteiger partial charge in [0.1, 0.15) is 6.04 Å². The normalized spacial score (nSPS) is 13.7. The number of primary amides is 1. The number of amides is 2. The van der Waals surface area contributed by atoms with Crippen molar-refractivity contribution in [2.45, 2.75) is 47.1 Å². The third kappa shape index (κ3) is 5.40. The first-order valence-corrected chi connectivity index (χ1v) is 5.25. The van der Waals surface area contributed by atoms with Crippen LogP contribution in [0.3, 0.4) is 0 Å². The van der Waals surface area contributed by atoms with E-state index in [0.29, 0.717) is 12.3 Å². The smallest absolute Gasteiger partial charge is 0.240 e. The van der Waals surface area contributed by atoms with Gasteiger partial charge in [0.25, 0.3) is 0 Å². The minimum absolute atomic E-state index is 0.146. The number of carbonyl (C=O) groups excluding carboxylic acids is 2. The van der Waals surface area contributed by atoms with Gasteiger partial charge >= 0.3 is 0 Å². The van der Waals surface area contributed by atoms with Crippen LogP contribution in [0.5, 0.6) is 0 Å². The minimum atomic E-state index is -0.559. The lowest BCUT2D eigenvalue weighted by Gasteiger charge is -2.23. The summed E-state index contributed by atoms with van der Waals surface area (Å²) < 4.78 is 0. The monoisotopic (exact) mass is 214 g/mol. The Labute approximate surface area is 91.6 Å². The first kappa shape index (κ1) is 13.9. The lowest BCUT2D eigenvalue weighted by molar-refractivity contribution is -0.132. The summed E-state index contributed by atoms with van der Waals surface area (Å²) in [6.45, 7) is 9.37. The summed E-state index contributed by atoms with van der Waals surface area (Å²) in [5.41, 5.74) is 4.73. The molecular formula is C11H22N2O2. The second-order valence-corrected chi connectivity index (χ2v) is 5.31. The van der Waals surface area contributed by atoms with E-state index in [4.69, 9.17) is 5.73 Å². The van der Waals surface area contributed by atoms with Crippen LogP contribution in [0.15, 0.2) is 0 Å². The molecule has 0 aliphatic heterocycles. The molecular weight excluding hydrogens is 192 g/mol. The molecule has 1 unspecified atom stereocenters. The van der Waals surface area contributed by atoms with Gasteiger partial charge in [0.2, 0.25) is 11.8 Å². The molecule has 0 rings (SSSR count). The van der Waals surface area contributed by atoms with Crippen molar-refractivity contribution in [2.24, 2.45) is 17.1 Å². The highest BCUT2D eigenvalue weighted by Gasteiger charge is 2.26. The molecule has 3 N–H and O–H groups in total. The first-order chi connectivity index (χ1) is 6.64. The summed E-state index contributed by atoms with van der Waals surface area (Å²) in [6, 6.07) is -0.559. The van der Waals surface area contributed by atoms with Gasteiger partial charge in [-0.2, -0.15) is 0 Å². The van der Waals surface area contributed by atoms with Gasteiger partial charge < -0.3 is 11.1 Å². The molecule has 88 valence electrons. The molecule has 4 nitrogen and oxygen atoms in total. The number of nitrogens with two attached hydrogens (primary N) is 1. The van der Waals surface area contributed by atoms with Gasteiger partial charge in [-0.05, 0) is 12.3 Å². The van der Waals surface area contributed by atoms with Crippen LogP contribution >= 0.6 is 0 Å². The third-order valence-electron chi connectivity index (χ3n) is 2.04. The fourth-order valence-corrected chi connectivity index (χ4v) is 1.09. The number of nitrogens with one attached hydrogen (secondary N) is 1. The molecule has 0 aliphatic rings. The van der Waals surface area contributed by atoms with Crippen LogP contribution in [0.2, 0.25) is 0 Å². The molecule has 0 bridgehead atoms. The SMILES string of the molecule is CC(C)CC(NC(=O)C(C)(C)C)C(N)=O. The van der Waals surface area contributed by atoms with E-state index in [2.05, 4.69) is 5.32 Å². The maximum atomic E-state index is 11.6. The molecule has 0 saturated carbocycles. The van der Waals surface area contributed by atoms with Crippen molar-refractivity contribution in [1.29, 1.82) is 0 Å². The summed E-state index contributed by atoms with van der Waals surface area (Å²) in [7, 11) is 0. The summed E-state index contributed by atoms with van der Waals surface area (Å²) in [5.74, 6) is -0.295. The summed E-state index contributed by atoms with van der Waals surface area (Å²) in [4.78, 5) is 22.7. The highest BCUT2D eigenvalue weighted by molar-refractivity contribution is 5.88. The zero-order chi connectivity index (χ0) is 12.2. The highest BCUT2D eigenvalue weighted by Crippen LogP contribution is 2.14. The Bertz CT molecular complexity index is 241. The van der Waals surface area contributed by atoms with E-state index in [1.54, 1.807) is 20.8 Å². The fourth-order valence-electron chi connectivity index (χ4n) is 1.09. The van der Waals surface area contributed by atoms with Gasteiger partial charge in [-0.15, -0.1) is 0 Å². The molecule has 0 aromatic rings. The average Bonchev–Trinajstić information content (AvgIpc) is 1.99. The van der Waals surface area contributed by atoms with E-state index >= 15 is 0 Å². The van der Waals surface area contributed by atoms with Gasteiger partial charge in [-0.25, -0.2) is 0 Å². The number of rotatable bonds is 4. The van der Waals surface area contributed by atoms with Crippen LogP contribution in [-0.4, -0.2) is 17.9 Å². The fraction of sp³-hybridized carbons (Fsp3) is 0.818. The zero-order valence-corrected chi connectivity index (χ0v) is 10.3. The second-order valence-electron chi connectivity index (χ2n) is 5.31. The van der Waals surface area contributed by atoms with Gasteiger partial charge in [0.15, 0.2) is 0 Å². The second kappa shape index (κ2) is 5.14. The van der Waals surface area contributed by atoms with Crippen LogP contribution in [0.25, 0.3) is 0 Å². The largest absolute Gasteiger partial charge is 0.368 e. The van der Waals surface area contributed by atoms with Gasteiger partial charge in [0, 0.05) is 5.41 Å². The molecule has 0 aliphatic carbocycles. The maximum Gasteiger partial charge on any atom is 0.240 e. The van der Waals surface area contributed by atoms with E-state index in [-0.39, 0.29) is 5.91 Å². The Kier molecular flexibility index (Phi) is 4.78. The van der Waals surface area contributed by atoms with Gasteiger partial charge in [-0.1, -0.05) is 34.6 Å². The van der Waals surface area contributed by atoms with Crippen molar-refractivity contribution in [3.05, 3.63) is 0 Å².